The van der Waals surface area contributed by atoms with Gasteiger partial charge in [0.25, 0.3) is 0 Å². The van der Waals surface area contributed by atoms with Crippen molar-refractivity contribution in [1.29, 1.82) is 0 Å². The maximum absolute atomic E-state index is 12.9. The highest BCUT2D eigenvalue weighted by Gasteiger charge is 2.26. The SMILES string of the molecule is O=C(NCc1ccc(F)cc1)N1CCC(Cc2nncn2CC2CC2)CC1. The molecule has 1 aromatic heterocycles. The fourth-order valence-electron chi connectivity index (χ4n) is 3.66. The molecular weight excluding hydrogens is 345 g/mol. The summed E-state index contributed by atoms with van der Waals surface area (Å²) in [6.45, 7) is 2.99. The van der Waals surface area contributed by atoms with Crippen molar-refractivity contribution in [3.05, 3.63) is 47.8 Å². The van der Waals surface area contributed by atoms with Crippen molar-refractivity contribution in [2.75, 3.05) is 13.1 Å². The molecule has 1 saturated carbocycles. The van der Waals surface area contributed by atoms with E-state index in [1.165, 1.54) is 25.0 Å². The van der Waals surface area contributed by atoms with Gasteiger partial charge in [-0.2, -0.15) is 0 Å². The Morgan fingerprint density at radius 2 is 1.85 bits per heavy atom. The highest BCUT2D eigenvalue weighted by atomic mass is 19.1. The van der Waals surface area contributed by atoms with E-state index >= 15 is 0 Å². The van der Waals surface area contributed by atoms with Gasteiger partial charge in [0.05, 0.1) is 0 Å². The van der Waals surface area contributed by atoms with Gasteiger partial charge in [0.2, 0.25) is 0 Å². The first-order chi connectivity index (χ1) is 13.2. The number of carbonyl (C=O) groups excluding carboxylic acids is 1. The van der Waals surface area contributed by atoms with E-state index in [1.807, 2.05) is 11.2 Å². The van der Waals surface area contributed by atoms with E-state index < -0.39 is 0 Å². The van der Waals surface area contributed by atoms with Crippen LogP contribution in [-0.4, -0.2) is 38.8 Å². The van der Waals surface area contributed by atoms with Crippen LogP contribution in [0.1, 0.15) is 37.1 Å². The highest BCUT2D eigenvalue weighted by Crippen LogP contribution is 2.31. The zero-order chi connectivity index (χ0) is 18.6. The van der Waals surface area contributed by atoms with Crippen LogP contribution in [0.5, 0.6) is 0 Å². The molecule has 0 atom stereocenters. The number of rotatable bonds is 6. The van der Waals surface area contributed by atoms with Gasteiger partial charge in [-0.05, 0) is 55.2 Å². The van der Waals surface area contributed by atoms with Crippen molar-refractivity contribution in [3.8, 4) is 0 Å². The van der Waals surface area contributed by atoms with Crippen LogP contribution in [-0.2, 0) is 19.5 Å². The minimum absolute atomic E-state index is 0.0466. The first kappa shape index (κ1) is 17.9. The minimum Gasteiger partial charge on any atom is -0.334 e. The number of likely N-dealkylation sites (tertiary alicyclic amines) is 1. The lowest BCUT2D eigenvalue weighted by atomic mass is 9.93. The van der Waals surface area contributed by atoms with Gasteiger partial charge in [0.1, 0.15) is 18.0 Å². The van der Waals surface area contributed by atoms with E-state index in [9.17, 15) is 9.18 Å². The van der Waals surface area contributed by atoms with Gasteiger partial charge in [-0.3, -0.25) is 0 Å². The zero-order valence-electron chi connectivity index (χ0n) is 15.5. The minimum atomic E-state index is -0.264. The third-order valence-electron chi connectivity index (χ3n) is 5.58. The summed E-state index contributed by atoms with van der Waals surface area (Å²) in [6, 6.07) is 6.16. The Morgan fingerprint density at radius 3 is 2.56 bits per heavy atom. The molecule has 0 spiro atoms. The van der Waals surface area contributed by atoms with Crippen molar-refractivity contribution >= 4 is 6.03 Å². The van der Waals surface area contributed by atoms with Crippen molar-refractivity contribution in [2.45, 2.75) is 45.2 Å². The molecule has 1 N–H and O–H groups in total. The summed E-state index contributed by atoms with van der Waals surface area (Å²) in [5.41, 5.74) is 0.898. The molecule has 1 saturated heterocycles. The molecule has 2 heterocycles. The number of urea groups is 1. The number of benzene rings is 1. The van der Waals surface area contributed by atoms with Crippen molar-refractivity contribution in [3.63, 3.8) is 0 Å². The molecule has 1 aliphatic carbocycles. The number of hydrogen-bond donors (Lipinski definition) is 1. The second kappa shape index (κ2) is 8.06. The quantitative estimate of drug-likeness (QED) is 0.849. The Bertz CT molecular complexity index is 763. The first-order valence-electron chi connectivity index (χ1n) is 9.81. The lowest BCUT2D eigenvalue weighted by molar-refractivity contribution is 0.169. The van der Waals surface area contributed by atoms with Gasteiger partial charge in [0.15, 0.2) is 0 Å². The van der Waals surface area contributed by atoms with Gasteiger partial charge in [0, 0.05) is 32.6 Å². The summed E-state index contributed by atoms with van der Waals surface area (Å²) in [7, 11) is 0. The maximum atomic E-state index is 12.9. The van der Waals surface area contributed by atoms with Gasteiger partial charge in [-0.25, -0.2) is 9.18 Å². The van der Waals surface area contributed by atoms with E-state index in [4.69, 9.17) is 0 Å². The standard InChI is InChI=1S/C20H26FN5O/c21-18-5-3-16(4-6-18)12-22-20(27)25-9-7-15(8-10-25)11-19-24-23-14-26(19)13-17-1-2-17/h3-6,14-15,17H,1-2,7-13H2,(H,22,27). The zero-order valence-corrected chi connectivity index (χ0v) is 15.5. The summed E-state index contributed by atoms with van der Waals surface area (Å²) in [4.78, 5) is 14.2. The second-order valence-electron chi connectivity index (χ2n) is 7.76. The van der Waals surface area contributed by atoms with Crippen molar-refractivity contribution in [2.24, 2.45) is 11.8 Å². The summed E-state index contributed by atoms with van der Waals surface area (Å²) >= 11 is 0. The molecule has 2 fully saturated rings. The van der Waals surface area contributed by atoms with Gasteiger partial charge in [-0.1, -0.05) is 12.1 Å². The molecule has 27 heavy (non-hydrogen) atoms. The third kappa shape index (κ3) is 4.84. The molecule has 1 aliphatic heterocycles. The predicted octanol–water partition coefficient (Wildman–Crippen LogP) is 2.99. The van der Waals surface area contributed by atoms with Crippen LogP contribution in [0.3, 0.4) is 0 Å². The summed E-state index contributed by atoms with van der Waals surface area (Å²) < 4.78 is 15.1. The number of nitrogens with zero attached hydrogens (tertiary/aromatic N) is 4. The molecule has 0 radical (unpaired) electrons. The lowest BCUT2D eigenvalue weighted by Crippen LogP contribution is -2.44. The second-order valence-corrected chi connectivity index (χ2v) is 7.76. The van der Waals surface area contributed by atoms with Crippen LogP contribution in [0.4, 0.5) is 9.18 Å². The van der Waals surface area contributed by atoms with Crippen LogP contribution in [0, 0.1) is 17.7 Å². The Hall–Kier alpha value is -2.44. The van der Waals surface area contributed by atoms with Gasteiger partial charge < -0.3 is 14.8 Å². The molecule has 7 heteroatoms. The molecule has 0 unspecified atom stereocenters. The lowest BCUT2D eigenvalue weighted by Gasteiger charge is -2.32. The predicted molar refractivity (Wildman–Crippen MR) is 99.4 cm³/mol. The highest BCUT2D eigenvalue weighted by molar-refractivity contribution is 5.74. The third-order valence-corrected chi connectivity index (χ3v) is 5.58. The van der Waals surface area contributed by atoms with E-state index in [0.29, 0.717) is 12.5 Å². The van der Waals surface area contributed by atoms with Crippen LogP contribution in [0.15, 0.2) is 30.6 Å². The van der Waals surface area contributed by atoms with E-state index in [1.54, 1.807) is 12.1 Å². The van der Waals surface area contributed by atoms with Crippen LogP contribution in [0.2, 0.25) is 0 Å². The average molecular weight is 371 g/mol. The smallest absolute Gasteiger partial charge is 0.317 e. The largest absolute Gasteiger partial charge is 0.334 e. The number of amides is 2. The van der Waals surface area contributed by atoms with E-state index in [0.717, 1.165) is 56.2 Å². The van der Waals surface area contributed by atoms with E-state index in [2.05, 4.69) is 20.1 Å². The topological polar surface area (TPSA) is 63.1 Å². The molecule has 1 aromatic carbocycles. The van der Waals surface area contributed by atoms with Gasteiger partial charge in [-0.15, -0.1) is 10.2 Å². The molecule has 4 rings (SSSR count). The fraction of sp³-hybridized carbons (Fsp3) is 0.550. The molecule has 0 bridgehead atoms. The average Bonchev–Trinajstić information content (AvgIpc) is 3.40. The van der Waals surface area contributed by atoms with Crippen LogP contribution in [0.25, 0.3) is 0 Å². The number of hydrogen-bond acceptors (Lipinski definition) is 3. The molecule has 2 aromatic rings. The van der Waals surface area contributed by atoms with Crippen LogP contribution < -0.4 is 5.32 Å². The monoisotopic (exact) mass is 371 g/mol. The Kier molecular flexibility index (Phi) is 5.36. The normalized spacial score (nSPS) is 17.9. The number of piperidine rings is 1. The summed E-state index contributed by atoms with van der Waals surface area (Å²) in [6.07, 6.45) is 7.41. The molecular formula is C20H26FN5O. The Balaban J connectivity index is 1.22. The Morgan fingerprint density at radius 1 is 1.11 bits per heavy atom. The molecule has 144 valence electrons. The molecule has 2 amide bonds. The number of aromatic nitrogens is 3. The number of halogens is 1. The fourth-order valence-corrected chi connectivity index (χ4v) is 3.66. The number of nitrogens with one attached hydrogen (secondary N) is 1. The maximum Gasteiger partial charge on any atom is 0.317 e. The first-order valence-corrected chi connectivity index (χ1v) is 9.81. The van der Waals surface area contributed by atoms with Crippen molar-refractivity contribution < 1.29 is 9.18 Å². The molecule has 6 nitrogen and oxygen atoms in total. The van der Waals surface area contributed by atoms with Crippen molar-refractivity contribution in [1.82, 2.24) is 25.0 Å². The Labute approximate surface area is 158 Å². The summed E-state index contributed by atoms with van der Waals surface area (Å²) in [5, 5.41) is 11.3. The number of carbonyl (C=O) groups is 1. The molecule has 2 aliphatic rings. The van der Waals surface area contributed by atoms with Gasteiger partial charge >= 0.3 is 6.03 Å². The summed E-state index contributed by atoms with van der Waals surface area (Å²) in [5.74, 6) is 2.18. The van der Waals surface area contributed by atoms with Crippen LogP contribution >= 0.6 is 0 Å². The van der Waals surface area contributed by atoms with E-state index in [-0.39, 0.29) is 11.8 Å².